The van der Waals surface area contributed by atoms with Crippen molar-refractivity contribution in [1.82, 2.24) is 19.7 Å². The van der Waals surface area contributed by atoms with Gasteiger partial charge < -0.3 is 10.3 Å². The number of hydrogen-bond acceptors (Lipinski definition) is 3. The molecule has 3 heterocycles. The third-order valence-corrected chi connectivity index (χ3v) is 2.62. The molecule has 0 aromatic carbocycles. The molecule has 0 saturated carbocycles. The molecule has 0 unspecified atom stereocenters. The van der Waals surface area contributed by atoms with E-state index in [0.717, 1.165) is 27.8 Å². The molecule has 76 valence electrons. The second-order valence-electron chi connectivity index (χ2n) is 3.48. The van der Waals surface area contributed by atoms with Crippen LogP contribution >= 0.6 is 0 Å². The average molecular weight is 201 g/mol. The van der Waals surface area contributed by atoms with E-state index in [1.165, 1.54) is 0 Å². The monoisotopic (exact) mass is 201 g/mol. The number of H-pyrrole nitrogens is 1. The fourth-order valence-corrected chi connectivity index (χ4v) is 1.95. The van der Waals surface area contributed by atoms with E-state index in [9.17, 15) is 0 Å². The number of aryl methyl sites for hydroxylation is 1. The Kier molecular flexibility index (Phi) is 1.50. The Morgan fingerprint density at radius 1 is 1.40 bits per heavy atom. The molecular formula is C10H11N5. The molecule has 0 atom stereocenters. The van der Waals surface area contributed by atoms with E-state index in [1.54, 1.807) is 0 Å². The lowest BCUT2D eigenvalue weighted by Crippen LogP contribution is -1.92. The van der Waals surface area contributed by atoms with Crippen LogP contribution in [0.2, 0.25) is 0 Å². The van der Waals surface area contributed by atoms with Crippen LogP contribution in [-0.2, 0) is 7.05 Å². The van der Waals surface area contributed by atoms with Gasteiger partial charge in [-0.1, -0.05) is 0 Å². The van der Waals surface area contributed by atoms with Gasteiger partial charge in [0.05, 0.1) is 10.9 Å². The summed E-state index contributed by atoms with van der Waals surface area (Å²) in [4.78, 5) is 7.44. The van der Waals surface area contributed by atoms with Gasteiger partial charge in [0, 0.05) is 31.9 Å². The highest BCUT2D eigenvalue weighted by Gasteiger charge is 2.11. The second-order valence-corrected chi connectivity index (χ2v) is 3.48. The van der Waals surface area contributed by atoms with Gasteiger partial charge in [-0.05, 0) is 6.07 Å². The molecule has 0 aliphatic rings. The van der Waals surface area contributed by atoms with Gasteiger partial charge in [-0.2, -0.15) is 5.10 Å². The minimum absolute atomic E-state index is 0.864. The summed E-state index contributed by atoms with van der Waals surface area (Å²) < 4.78 is 1.87. The van der Waals surface area contributed by atoms with Crippen LogP contribution < -0.4 is 5.32 Å². The smallest absolute Gasteiger partial charge is 0.157 e. The van der Waals surface area contributed by atoms with Crippen LogP contribution in [0.15, 0.2) is 18.5 Å². The second kappa shape index (κ2) is 2.73. The Bertz CT molecular complexity index is 634. The SMILES string of the molecule is CNc1nn(C)c2c1cnc1[nH]ccc12. The first-order valence-corrected chi connectivity index (χ1v) is 4.78. The molecule has 0 fully saturated rings. The van der Waals surface area contributed by atoms with Gasteiger partial charge in [-0.25, -0.2) is 4.98 Å². The van der Waals surface area contributed by atoms with Gasteiger partial charge in [0.25, 0.3) is 0 Å². The predicted molar refractivity (Wildman–Crippen MR) is 59.9 cm³/mol. The van der Waals surface area contributed by atoms with Crippen LogP contribution in [0, 0.1) is 0 Å². The van der Waals surface area contributed by atoms with Crippen LogP contribution in [0.3, 0.4) is 0 Å². The molecular weight excluding hydrogens is 190 g/mol. The maximum absolute atomic E-state index is 4.39. The summed E-state index contributed by atoms with van der Waals surface area (Å²) in [6.45, 7) is 0. The maximum Gasteiger partial charge on any atom is 0.157 e. The van der Waals surface area contributed by atoms with Gasteiger partial charge in [-0.3, -0.25) is 4.68 Å². The number of aromatic nitrogens is 4. The minimum Gasteiger partial charge on any atom is -0.371 e. The van der Waals surface area contributed by atoms with Crippen molar-refractivity contribution in [2.24, 2.45) is 7.05 Å². The number of rotatable bonds is 1. The van der Waals surface area contributed by atoms with Gasteiger partial charge in [0.15, 0.2) is 5.82 Å². The topological polar surface area (TPSA) is 58.5 Å². The molecule has 5 heteroatoms. The number of nitrogens with zero attached hydrogens (tertiary/aromatic N) is 3. The van der Waals surface area contributed by atoms with E-state index in [4.69, 9.17) is 0 Å². The average Bonchev–Trinajstić information content (AvgIpc) is 2.81. The zero-order chi connectivity index (χ0) is 10.4. The van der Waals surface area contributed by atoms with E-state index >= 15 is 0 Å². The van der Waals surface area contributed by atoms with Gasteiger partial charge >= 0.3 is 0 Å². The first-order chi connectivity index (χ1) is 7.31. The molecule has 2 N–H and O–H groups in total. The molecule has 0 bridgehead atoms. The predicted octanol–water partition coefficient (Wildman–Crippen LogP) is 1.49. The number of fused-ring (bicyclic) bond motifs is 3. The summed E-state index contributed by atoms with van der Waals surface area (Å²) in [7, 11) is 3.80. The van der Waals surface area contributed by atoms with Crippen molar-refractivity contribution in [2.45, 2.75) is 0 Å². The Morgan fingerprint density at radius 3 is 3.07 bits per heavy atom. The molecule has 3 rings (SSSR count). The number of aromatic amines is 1. The lowest BCUT2D eigenvalue weighted by molar-refractivity contribution is 0.802. The Balaban J connectivity index is 2.57. The number of anilines is 1. The highest BCUT2D eigenvalue weighted by Crippen LogP contribution is 2.27. The Labute approximate surface area is 86.1 Å². The van der Waals surface area contributed by atoms with Crippen molar-refractivity contribution < 1.29 is 0 Å². The zero-order valence-corrected chi connectivity index (χ0v) is 8.57. The largest absolute Gasteiger partial charge is 0.371 e. The van der Waals surface area contributed by atoms with Crippen LogP contribution in [0.1, 0.15) is 0 Å². The molecule has 0 amide bonds. The summed E-state index contributed by atoms with van der Waals surface area (Å²) in [6, 6.07) is 2.02. The lowest BCUT2D eigenvalue weighted by Gasteiger charge is -1.95. The summed E-state index contributed by atoms with van der Waals surface area (Å²) in [6.07, 6.45) is 3.73. The third-order valence-electron chi connectivity index (χ3n) is 2.62. The van der Waals surface area contributed by atoms with Crippen molar-refractivity contribution in [3.63, 3.8) is 0 Å². The third kappa shape index (κ3) is 0.971. The first kappa shape index (κ1) is 8.28. The fourth-order valence-electron chi connectivity index (χ4n) is 1.95. The van der Waals surface area contributed by atoms with Crippen molar-refractivity contribution in [2.75, 3.05) is 12.4 Å². The highest BCUT2D eigenvalue weighted by molar-refractivity contribution is 6.06. The summed E-state index contributed by atoms with van der Waals surface area (Å²) in [5.74, 6) is 0.864. The number of hydrogen-bond donors (Lipinski definition) is 2. The normalized spacial score (nSPS) is 11.3. The van der Waals surface area contributed by atoms with Crippen LogP contribution in [0.4, 0.5) is 5.82 Å². The van der Waals surface area contributed by atoms with E-state index < -0.39 is 0 Å². The van der Waals surface area contributed by atoms with E-state index in [2.05, 4.69) is 20.4 Å². The van der Waals surface area contributed by atoms with E-state index in [1.807, 2.05) is 37.2 Å². The lowest BCUT2D eigenvalue weighted by atomic mass is 10.2. The fraction of sp³-hybridized carbons (Fsp3) is 0.200. The molecule has 0 radical (unpaired) electrons. The van der Waals surface area contributed by atoms with Gasteiger partial charge in [0.2, 0.25) is 0 Å². The van der Waals surface area contributed by atoms with E-state index in [-0.39, 0.29) is 0 Å². The van der Waals surface area contributed by atoms with Gasteiger partial charge in [0.1, 0.15) is 5.65 Å². The zero-order valence-electron chi connectivity index (χ0n) is 8.57. The molecule has 3 aromatic heterocycles. The molecule has 0 aliphatic heterocycles. The molecule has 0 saturated heterocycles. The minimum atomic E-state index is 0.864. The Morgan fingerprint density at radius 2 is 2.27 bits per heavy atom. The van der Waals surface area contributed by atoms with Crippen molar-refractivity contribution >= 4 is 27.8 Å². The van der Waals surface area contributed by atoms with Crippen molar-refractivity contribution in [3.05, 3.63) is 18.5 Å². The summed E-state index contributed by atoms with van der Waals surface area (Å²) in [5.41, 5.74) is 2.00. The van der Waals surface area contributed by atoms with Gasteiger partial charge in [-0.15, -0.1) is 0 Å². The Hall–Kier alpha value is -2.04. The summed E-state index contributed by atoms with van der Waals surface area (Å²) in [5, 5.41) is 9.60. The van der Waals surface area contributed by atoms with Crippen LogP contribution in [-0.4, -0.2) is 26.8 Å². The molecule has 15 heavy (non-hydrogen) atoms. The first-order valence-electron chi connectivity index (χ1n) is 4.78. The molecule has 5 nitrogen and oxygen atoms in total. The molecule has 0 aliphatic carbocycles. The highest BCUT2D eigenvalue weighted by atomic mass is 15.3. The standard InChI is InChI=1S/C10H11N5/c1-11-9-7-5-13-10-6(3-4-12-10)8(7)15(2)14-9/h3-5H,1-2H3,(H,11,14)(H,12,13). The van der Waals surface area contributed by atoms with Crippen molar-refractivity contribution in [3.8, 4) is 0 Å². The van der Waals surface area contributed by atoms with Crippen LogP contribution in [0.25, 0.3) is 21.9 Å². The number of pyridine rings is 1. The van der Waals surface area contributed by atoms with Crippen LogP contribution in [0.5, 0.6) is 0 Å². The number of nitrogens with one attached hydrogen (secondary N) is 2. The van der Waals surface area contributed by atoms with Crippen molar-refractivity contribution in [1.29, 1.82) is 0 Å². The molecule has 3 aromatic rings. The maximum atomic E-state index is 4.39. The quantitative estimate of drug-likeness (QED) is 0.627. The molecule has 0 spiro atoms. The van der Waals surface area contributed by atoms with E-state index in [0.29, 0.717) is 0 Å². The summed E-state index contributed by atoms with van der Waals surface area (Å²) >= 11 is 0.